The molecule has 0 amide bonds. The summed E-state index contributed by atoms with van der Waals surface area (Å²) in [6.07, 6.45) is 21.4. The number of hydrogen-bond donors (Lipinski definition) is 1. The second kappa shape index (κ2) is 12.8. The topological polar surface area (TPSA) is 12.0 Å². The van der Waals surface area contributed by atoms with Gasteiger partial charge in [0, 0.05) is 12.6 Å². The van der Waals surface area contributed by atoms with Crippen molar-refractivity contribution < 1.29 is 17.1 Å². The fourth-order valence-corrected chi connectivity index (χ4v) is 2.21. The molecule has 118 valence electrons. The molecule has 0 spiro atoms. The molecule has 0 saturated heterocycles. The first-order valence-corrected chi connectivity index (χ1v) is 7.65. The standard InChI is InChI=1S/C16H18N.C5H5.Fe/c1-2-16(12-14-8-4-3-5-9-14)17-13-15-10-6-7-11-15;1-2-4-5-3-1;/h2-11,16-17H,1,12-13H2;1-5H;/q;;+2/t16-;;/m1../s1. The summed E-state index contributed by atoms with van der Waals surface area (Å²) in [5.41, 5.74) is 1.34. The second-order valence-electron chi connectivity index (χ2n) is 5.17. The monoisotopic (exact) mass is 345 g/mol. The number of rotatable bonds is 6. The van der Waals surface area contributed by atoms with Crippen LogP contribution in [-0.2, 0) is 23.5 Å². The zero-order valence-corrected chi connectivity index (χ0v) is 14.3. The van der Waals surface area contributed by atoms with E-state index in [1.165, 1.54) is 11.5 Å². The molecule has 23 heavy (non-hydrogen) atoms. The average molecular weight is 345 g/mol. The van der Waals surface area contributed by atoms with E-state index in [1.807, 2.05) is 44.2 Å². The maximum atomic E-state index is 3.89. The Morgan fingerprint density at radius 3 is 1.96 bits per heavy atom. The smallest absolute Gasteiger partial charge is 0.310 e. The molecule has 0 aromatic heterocycles. The van der Waals surface area contributed by atoms with Crippen LogP contribution in [0, 0.1) is 63.7 Å². The molecule has 0 bridgehead atoms. The van der Waals surface area contributed by atoms with Gasteiger partial charge in [0.25, 0.3) is 0 Å². The summed E-state index contributed by atoms with van der Waals surface area (Å²) in [6, 6.07) is 10.8. The molecule has 1 aromatic carbocycles. The third kappa shape index (κ3) is 8.74. The summed E-state index contributed by atoms with van der Waals surface area (Å²) in [5, 5.41) is 3.50. The summed E-state index contributed by atoms with van der Waals surface area (Å²) in [6.45, 7) is 4.79. The molecule has 3 rings (SSSR count). The maximum absolute atomic E-state index is 3.89. The molecule has 1 N–H and O–H groups in total. The minimum Gasteiger partial charge on any atom is -0.310 e. The molecular formula is C21H23FeN+2. The van der Waals surface area contributed by atoms with Gasteiger partial charge < -0.3 is 5.32 Å². The third-order valence-corrected chi connectivity index (χ3v) is 3.44. The minimum absolute atomic E-state index is 0. The number of hydrogen-bond acceptors (Lipinski definition) is 1. The Hall–Kier alpha value is -0.561. The van der Waals surface area contributed by atoms with Crippen molar-refractivity contribution in [3.8, 4) is 0 Å². The van der Waals surface area contributed by atoms with Crippen LogP contribution in [0.4, 0.5) is 0 Å². The Morgan fingerprint density at radius 1 is 0.870 bits per heavy atom. The van der Waals surface area contributed by atoms with Crippen molar-refractivity contribution in [2.24, 2.45) is 0 Å². The van der Waals surface area contributed by atoms with Crippen LogP contribution in [-0.4, -0.2) is 12.6 Å². The van der Waals surface area contributed by atoms with E-state index in [2.05, 4.69) is 61.8 Å². The van der Waals surface area contributed by atoms with Gasteiger partial charge in [0.15, 0.2) is 0 Å². The van der Waals surface area contributed by atoms with Crippen molar-refractivity contribution in [3.05, 3.63) is 112 Å². The minimum atomic E-state index is 0. The van der Waals surface area contributed by atoms with Gasteiger partial charge in [-0.2, -0.15) is 0 Å². The van der Waals surface area contributed by atoms with Crippen LogP contribution in [0.25, 0.3) is 0 Å². The quantitative estimate of drug-likeness (QED) is 0.611. The molecule has 0 heterocycles. The Bertz CT molecular complexity index is 386. The number of benzene rings is 1. The summed E-state index contributed by atoms with van der Waals surface area (Å²) in [7, 11) is 0. The molecule has 2 heteroatoms. The maximum Gasteiger partial charge on any atom is 2.00 e. The van der Waals surface area contributed by atoms with E-state index < -0.39 is 0 Å². The van der Waals surface area contributed by atoms with Gasteiger partial charge in [-0.15, -0.1) is 6.58 Å². The average Bonchev–Trinajstić information content (AvgIpc) is 3.28. The summed E-state index contributed by atoms with van der Waals surface area (Å²) < 4.78 is 0. The van der Waals surface area contributed by atoms with Crippen LogP contribution in [0.1, 0.15) is 5.56 Å². The van der Waals surface area contributed by atoms with E-state index in [9.17, 15) is 0 Å². The predicted octanol–water partition coefficient (Wildman–Crippen LogP) is 3.80. The van der Waals surface area contributed by atoms with Gasteiger partial charge in [-0.1, -0.05) is 36.4 Å². The van der Waals surface area contributed by atoms with Gasteiger partial charge in [0.1, 0.15) is 0 Å². The Balaban J connectivity index is 0.000000377. The van der Waals surface area contributed by atoms with Crippen LogP contribution in [0.15, 0.2) is 43.0 Å². The van der Waals surface area contributed by atoms with E-state index in [-0.39, 0.29) is 17.1 Å². The van der Waals surface area contributed by atoms with Crippen molar-refractivity contribution in [1.29, 1.82) is 0 Å². The zero-order chi connectivity index (χ0) is 15.5. The molecule has 2 aliphatic carbocycles. The van der Waals surface area contributed by atoms with Crippen molar-refractivity contribution in [2.45, 2.75) is 12.5 Å². The van der Waals surface area contributed by atoms with Gasteiger partial charge in [-0.25, -0.2) is 0 Å². The fourth-order valence-electron chi connectivity index (χ4n) is 2.21. The number of nitrogens with one attached hydrogen (secondary N) is 1. The van der Waals surface area contributed by atoms with E-state index in [1.54, 1.807) is 0 Å². The molecule has 1 aromatic rings. The van der Waals surface area contributed by atoms with Crippen LogP contribution in [0.5, 0.6) is 0 Å². The van der Waals surface area contributed by atoms with Gasteiger partial charge in [-0.3, -0.25) is 0 Å². The van der Waals surface area contributed by atoms with Crippen molar-refractivity contribution in [2.75, 3.05) is 6.54 Å². The van der Waals surface area contributed by atoms with Crippen molar-refractivity contribution >= 4 is 0 Å². The first-order chi connectivity index (χ1) is 10.9. The van der Waals surface area contributed by atoms with Crippen molar-refractivity contribution in [3.63, 3.8) is 0 Å². The molecule has 2 saturated carbocycles. The van der Waals surface area contributed by atoms with E-state index in [4.69, 9.17) is 0 Å². The molecule has 2 fully saturated rings. The molecular weight excluding hydrogens is 322 g/mol. The van der Waals surface area contributed by atoms with E-state index >= 15 is 0 Å². The zero-order valence-electron chi connectivity index (χ0n) is 13.2. The van der Waals surface area contributed by atoms with E-state index in [0.717, 1.165) is 13.0 Å². The fraction of sp³-hybridized carbons (Fsp3) is 0.143. The van der Waals surface area contributed by atoms with Crippen molar-refractivity contribution in [1.82, 2.24) is 5.32 Å². The van der Waals surface area contributed by atoms with Gasteiger partial charge in [-0.05, 0) is 75.7 Å². The van der Waals surface area contributed by atoms with Crippen LogP contribution in [0.3, 0.4) is 0 Å². The van der Waals surface area contributed by atoms with Gasteiger partial charge in [0.05, 0.1) is 0 Å². The first-order valence-electron chi connectivity index (χ1n) is 7.65. The summed E-state index contributed by atoms with van der Waals surface area (Å²) in [4.78, 5) is 0. The largest absolute Gasteiger partial charge is 2.00 e. The molecule has 10 radical (unpaired) electrons. The second-order valence-corrected chi connectivity index (χ2v) is 5.17. The predicted molar refractivity (Wildman–Crippen MR) is 94.1 cm³/mol. The summed E-state index contributed by atoms with van der Waals surface area (Å²) in [5.74, 6) is 1.32. The van der Waals surface area contributed by atoms with E-state index in [0.29, 0.717) is 6.04 Å². The normalized spacial score (nSPS) is 18.6. The molecule has 0 aliphatic heterocycles. The Kier molecular flexibility index (Phi) is 11.4. The van der Waals surface area contributed by atoms with Crippen LogP contribution < -0.4 is 5.32 Å². The first kappa shape index (κ1) is 20.5. The third-order valence-electron chi connectivity index (χ3n) is 3.44. The molecule has 2 aliphatic rings. The Morgan fingerprint density at radius 2 is 1.43 bits per heavy atom. The van der Waals surface area contributed by atoms with Gasteiger partial charge >= 0.3 is 17.1 Å². The van der Waals surface area contributed by atoms with Crippen LogP contribution >= 0.6 is 0 Å². The van der Waals surface area contributed by atoms with Crippen LogP contribution in [0.2, 0.25) is 0 Å². The molecule has 1 atom stereocenters. The summed E-state index contributed by atoms with van der Waals surface area (Å²) >= 11 is 0. The SMILES string of the molecule is C=C[C@H](Cc1ccccc1)NC[C]1[CH][CH][CH][CH]1.[CH]1[CH][CH][CH][CH]1.[Fe+2]. The van der Waals surface area contributed by atoms with Gasteiger partial charge in [0.2, 0.25) is 0 Å². The molecule has 0 unspecified atom stereocenters. The molecule has 1 nitrogen and oxygen atoms in total. The Labute approximate surface area is 153 Å².